The van der Waals surface area contributed by atoms with Crippen molar-refractivity contribution in [3.63, 3.8) is 0 Å². The number of unbranched alkanes of at least 4 members (excludes halogenated alkanes) is 1. The van der Waals surface area contributed by atoms with Crippen LogP contribution in [0.2, 0.25) is 0 Å². The zero-order chi connectivity index (χ0) is 17.0. The van der Waals surface area contributed by atoms with Crippen LogP contribution in [0, 0.1) is 0 Å². The molecule has 5 nitrogen and oxygen atoms in total. The number of pyridine rings is 1. The lowest BCUT2D eigenvalue weighted by atomic mass is 10.1. The molecule has 0 aliphatic carbocycles. The fourth-order valence-electron chi connectivity index (χ4n) is 2.39. The number of nitrogens with zero attached hydrogens (tertiary/aromatic N) is 1. The van der Waals surface area contributed by atoms with Gasteiger partial charge in [0.1, 0.15) is 5.75 Å². The number of rotatable bonds is 7. The van der Waals surface area contributed by atoms with Crippen molar-refractivity contribution < 1.29 is 14.2 Å². The summed E-state index contributed by atoms with van der Waals surface area (Å²) in [4.78, 5) is 12.7. The minimum atomic E-state index is -0.203. The Hall–Kier alpha value is -2.17. The fourth-order valence-corrected chi connectivity index (χ4v) is 2.39. The molecule has 0 aliphatic heterocycles. The van der Waals surface area contributed by atoms with E-state index in [0.29, 0.717) is 18.1 Å². The maximum absolute atomic E-state index is 12.7. The average Bonchev–Trinajstić information content (AvgIpc) is 2.54. The predicted molar refractivity (Wildman–Crippen MR) is 91.9 cm³/mol. The minimum absolute atomic E-state index is 0.105. The third kappa shape index (κ3) is 3.60. The molecule has 2 rings (SSSR count). The fraction of sp³-hybridized carbons (Fsp3) is 0.500. The first-order valence-electron chi connectivity index (χ1n) is 7.99. The van der Waals surface area contributed by atoms with Crippen LogP contribution in [-0.2, 0) is 7.05 Å². The van der Waals surface area contributed by atoms with Crippen molar-refractivity contribution in [2.75, 3.05) is 13.7 Å². The van der Waals surface area contributed by atoms with E-state index in [1.165, 1.54) is 0 Å². The van der Waals surface area contributed by atoms with E-state index in [9.17, 15) is 4.79 Å². The van der Waals surface area contributed by atoms with Crippen molar-refractivity contribution in [2.24, 2.45) is 7.05 Å². The molecule has 0 saturated heterocycles. The quantitative estimate of drug-likeness (QED) is 0.733. The van der Waals surface area contributed by atoms with Crippen LogP contribution in [-0.4, -0.2) is 24.4 Å². The van der Waals surface area contributed by atoms with E-state index < -0.39 is 0 Å². The predicted octanol–water partition coefficient (Wildman–Crippen LogP) is 3.51. The van der Waals surface area contributed by atoms with Crippen LogP contribution < -0.4 is 19.8 Å². The lowest BCUT2D eigenvalue weighted by molar-refractivity contribution is 0.217. The van der Waals surface area contributed by atoms with Crippen molar-refractivity contribution in [2.45, 2.75) is 39.7 Å². The topological polar surface area (TPSA) is 49.7 Å². The molecule has 0 bridgehead atoms. The third-order valence-electron chi connectivity index (χ3n) is 3.61. The van der Waals surface area contributed by atoms with Gasteiger partial charge in [0.25, 0.3) is 5.56 Å². The zero-order valence-electron chi connectivity index (χ0n) is 14.5. The molecule has 0 radical (unpaired) electrons. The van der Waals surface area contributed by atoms with Gasteiger partial charge in [0, 0.05) is 18.5 Å². The van der Waals surface area contributed by atoms with Crippen LogP contribution in [0.1, 0.15) is 33.6 Å². The Morgan fingerprint density at radius 1 is 1.22 bits per heavy atom. The van der Waals surface area contributed by atoms with Crippen molar-refractivity contribution >= 4 is 10.9 Å². The van der Waals surface area contributed by atoms with Crippen molar-refractivity contribution in [1.82, 2.24) is 4.57 Å². The summed E-state index contributed by atoms with van der Waals surface area (Å²) in [6.45, 7) is 6.45. The highest BCUT2D eigenvalue weighted by Crippen LogP contribution is 2.34. The Kier molecular flexibility index (Phi) is 5.53. The summed E-state index contributed by atoms with van der Waals surface area (Å²) in [6.07, 6.45) is 1.84. The SMILES string of the molecule is CCCCOc1c(OC(C)C)c(=O)n(C)c2cc(OC)ccc12. The van der Waals surface area contributed by atoms with Gasteiger partial charge in [-0.1, -0.05) is 13.3 Å². The van der Waals surface area contributed by atoms with Gasteiger partial charge in [-0.25, -0.2) is 0 Å². The van der Waals surface area contributed by atoms with Gasteiger partial charge in [0.05, 0.1) is 25.3 Å². The number of methoxy groups -OCH3 is 1. The highest BCUT2D eigenvalue weighted by Gasteiger charge is 2.19. The first-order valence-corrected chi connectivity index (χ1v) is 7.99. The van der Waals surface area contributed by atoms with Gasteiger partial charge < -0.3 is 18.8 Å². The number of hydrogen-bond acceptors (Lipinski definition) is 4. The standard InChI is InChI=1S/C18H25NO4/c1-6-7-10-22-16-14-9-8-13(21-5)11-15(14)19(4)18(20)17(16)23-12(2)3/h8-9,11-12H,6-7,10H2,1-5H3. The second-order valence-corrected chi connectivity index (χ2v) is 5.77. The molecular formula is C18H25NO4. The van der Waals surface area contributed by atoms with E-state index in [-0.39, 0.29) is 17.4 Å². The molecule has 23 heavy (non-hydrogen) atoms. The number of ether oxygens (including phenoxy) is 3. The molecule has 0 aliphatic rings. The lowest BCUT2D eigenvalue weighted by Crippen LogP contribution is -2.23. The molecule has 0 atom stereocenters. The van der Waals surface area contributed by atoms with E-state index in [1.807, 2.05) is 32.0 Å². The van der Waals surface area contributed by atoms with Gasteiger partial charge in [-0.3, -0.25) is 4.79 Å². The van der Waals surface area contributed by atoms with Crippen molar-refractivity contribution in [1.29, 1.82) is 0 Å². The molecular weight excluding hydrogens is 294 g/mol. The Labute approximate surface area is 136 Å². The van der Waals surface area contributed by atoms with E-state index in [2.05, 4.69) is 6.92 Å². The summed E-state index contributed by atoms with van der Waals surface area (Å²) in [5.41, 5.74) is 0.558. The molecule has 2 aromatic rings. The monoisotopic (exact) mass is 319 g/mol. The summed E-state index contributed by atoms with van der Waals surface area (Å²) in [5.74, 6) is 1.49. The van der Waals surface area contributed by atoms with Crippen molar-refractivity contribution in [3.05, 3.63) is 28.6 Å². The van der Waals surface area contributed by atoms with Crippen LogP contribution >= 0.6 is 0 Å². The van der Waals surface area contributed by atoms with Gasteiger partial charge in [-0.05, 0) is 32.4 Å². The molecule has 126 valence electrons. The molecule has 1 aromatic carbocycles. The Morgan fingerprint density at radius 3 is 2.57 bits per heavy atom. The number of benzene rings is 1. The Bertz CT molecular complexity index is 734. The highest BCUT2D eigenvalue weighted by molar-refractivity contribution is 5.89. The Morgan fingerprint density at radius 2 is 1.96 bits per heavy atom. The largest absolute Gasteiger partial charge is 0.497 e. The van der Waals surface area contributed by atoms with E-state index in [4.69, 9.17) is 14.2 Å². The molecule has 1 aromatic heterocycles. The second kappa shape index (κ2) is 7.40. The van der Waals surface area contributed by atoms with Crippen LogP contribution in [0.5, 0.6) is 17.2 Å². The van der Waals surface area contributed by atoms with Gasteiger partial charge in [0.2, 0.25) is 5.75 Å². The summed E-state index contributed by atoms with van der Waals surface area (Å²) in [7, 11) is 3.33. The number of hydrogen-bond donors (Lipinski definition) is 0. The molecule has 0 amide bonds. The van der Waals surface area contributed by atoms with Crippen LogP contribution in [0.3, 0.4) is 0 Å². The molecule has 5 heteroatoms. The number of aryl methyl sites for hydroxylation is 1. The Balaban J connectivity index is 2.68. The number of aromatic nitrogens is 1. The van der Waals surface area contributed by atoms with Gasteiger partial charge in [-0.15, -0.1) is 0 Å². The summed E-state index contributed by atoms with van der Waals surface area (Å²) < 4.78 is 18.5. The van der Waals surface area contributed by atoms with E-state index in [0.717, 1.165) is 23.7 Å². The summed E-state index contributed by atoms with van der Waals surface area (Å²) in [6, 6.07) is 5.60. The maximum Gasteiger partial charge on any atom is 0.297 e. The van der Waals surface area contributed by atoms with Gasteiger partial charge in [0.15, 0.2) is 5.75 Å². The first-order chi connectivity index (χ1) is 11.0. The van der Waals surface area contributed by atoms with Crippen LogP contribution in [0.15, 0.2) is 23.0 Å². The van der Waals surface area contributed by atoms with E-state index >= 15 is 0 Å². The van der Waals surface area contributed by atoms with Crippen LogP contribution in [0.25, 0.3) is 10.9 Å². The lowest BCUT2D eigenvalue weighted by Gasteiger charge is -2.18. The number of fused-ring (bicyclic) bond motifs is 1. The minimum Gasteiger partial charge on any atom is -0.497 e. The molecule has 0 fully saturated rings. The summed E-state index contributed by atoms with van der Waals surface area (Å²) in [5, 5.41) is 0.847. The second-order valence-electron chi connectivity index (χ2n) is 5.77. The first kappa shape index (κ1) is 17.2. The summed E-state index contributed by atoms with van der Waals surface area (Å²) >= 11 is 0. The van der Waals surface area contributed by atoms with E-state index in [1.54, 1.807) is 18.7 Å². The molecule has 0 unspecified atom stereocenters. The van der Waals surface area contributed by atoms with Crippen molar-refractivity contribution in [3.8, 4) is 17.2 Å². The normalized spacial score (nSPS) is 11.0. The average molecular weight is 319 g/mol. The molecule has 0 saturated carbocycles. The molecule has 0 spiro atoms. The van der Waals surface area contributed by atoms with Gasteiger partial charge >= 0.3 is 0 Å². The third-order valence-corrected chi connectivity index (χ3v) is 3.61. The molecule has 1 heterocycles. The zero-order valence-corrected chi connectivity index (χ0v) is 14.5. The molecule has 0 N–H and O–H groups in total. The van der Waals surface area contributed by atoms with Gasteiger partial charge in [-0.2, -0.15) is 0 Å². The smallest absolute Gasteiger partial charge is 0.297 e. The highest BCUT2D eigenvalue weighted by atomic mass is 16.5. The maximum atomic E-state index is 12.7. The van der Waals surface area contributed by atoms with Crippen LogP contribution in [0.4, 0.5) is 0 Å².